The van der Waals surface area contributed by atoms with Gasteiger partial charge in [-0.1, -0.05) is 6.92 Å². The molecule has 5 atom stereocenters. The van der Waals surface area contributed by atoms with E-state index in [-0.39, 0.29) is 36.0 Å². The molecule has 19 heavy (non-hydrogen) atoms. The molecule has 2 aliphatic carbocycles. The van der Waals surface area contributed by atoms with Crippen molar-refractivity contribution in [2.75, 3.05) is 0 Å². The number of carbonyl (C=O) groups is 2. The first-order valence-electron chi connectivity index (χ1n) is 7.34. The third kappa shape index (κ3) is 1.96. The Morgan fingerprint density at radius 3 is 2.79 bits per heavy atom. The van der Waals surface area contributed by atoms with Gasteiger partial charge in [-0.25, -0.2) is 0 Å². The fourth-order valence-electron chi connectivity index (χ4n) is 3.64. The summed E-state index contributed by atoms with van der Waals surface area (Å²) in [6.07, 6.45) is 3.44. The van der Waals surface area contributed by atoms with Crippen LogP contribution in [0.3, 0.4) is 0 Å². The van der Waals surface area contributed by atoms with Crippen molar-refractivity contribution < 1.29 is 19.1 Å². The minimum atomic E-state index is -0.434. The zero-order valence-electron chi connectivity index (χ0n) is 11.8. The Hall–Kier alpha value is -1.06. The highest BCUT2D eigenvalue weighted by Gasteiger charge is 2.57. The van der Waals surface area contributed by atoms with E-state index in [4.69, 9.17) is 9.47 Å². The second-order valence-corrected chi connectivity index (χ2v) is 6.89. The van der Waals surface area contributed by atoms with Gasteiger partial charge >= 0.3 is 11.9 Å². The van der Waals surface area contributed by atoms with Crippen molar-refractivity contribution in [2.24, 2.45) is 23.2 Å². The minimum Gasteiger partial charge on any atom is -0.462 e. The Labute approximate surface area is 113 Å². The van der Waals surface area contributed by atoms with Gasteiger partial charge in [0.05, 0.1) is 11.3 Å². The van der Waals surface area contributed by atoms with E-state index in [0.29, 0.717) is 5.92 Å². The summed E-state index contributed by atoms with van der Waals surface area (Å²) in [7, 11) is 0. The Morgan fingerprint density at radius 2 is 2.11 bits per heavy atom. The highest BCUT2D eigenvalue weighted by atomic mass is 16.6. The van der Waals surface area contributed by atoms with Gasteiger partial charge in [0.2, 0.25) is 0 Å². The maximum Gasteiger partial charge on any atom is 0.311 e. The smallest absolute Gasteiger partial charge is 0.311 e. The molecule has 1 heterocycles. The molecule has 3 aliphatic rings. The molecule has 0 aromatic heterocycles. The third-order valence-corrected chi connectivity index (χ3v) is 5.38. The fourth-order valence-corrected chi connectivity index (χ4v) is 3.64. The van der Waals surface area contributed by atoms with E-state index >= 15 is 0 Å². The van der Waals surface area contributed by atoms with Crippen LogP contribution in [0.2, 0.25) is 0 Å². The van der Waals surface area contributed by atoms with Crippen LogP contribution in [0.4, 0.5) is 0 Å². The van der Waals surface area contributed by atoms with Gasteiger partial charge in [0.1, 0.15) is 12.2 Å². The summed E-state index contributed by atoms with van der Waals surface area (Å²) in [6, 6.07) is 0. The average molecular weight is 266 g/mol. The first-order valence-corrected chi connectivity index (χ1v) is 7.34. The molecule has 2 saturated carbocycles. The summed E-state index contributed by atoms with van der Waals surface area (Å²) in [5.74, 6) is 0.346. The molecule has 4 bridgehead atoms. The number of esters is 2. The van der Waals surface area contributed by atoms with Crippen LogP contribution in [0.5, 0.6) is 0 Å². The van der Waals surface area contributed by atoms with Crippen LogP contribution in [0.15, 0.2) is 0 Å². The maximum atomic E-state index is 12.2. The zero-order valence-corrected chi connectivity index (χ0v) is 11.8. The first-order chi connectivity index (χ1) is 8.92. The lowest BCUT2D eigenvalue weighted by atomic mass is 9.80. The molecule has 5 unspecified atom stereocenters. The summed E-state index contributed by atoms with van der Waals surface area (Å²) in [5, 5.41) is 0. The Morgan fingerprint density at radius 1 is 1.37 bits per heavy atom. The average Bonchev–Trinajstić information content (AvgIpc) is 2.86. The molecule has 106 valence electrons. The van der Waals surface area contributed by atoms with Gasteiger partial charge in [-0.05, 0) is 45.4 Å². The Kier molecular flexibility index (Phi) is 2.88. The van der Waals surface area contributed by atoms with Crippen LogP contribution in [-0.4, -0.2) is 24.1 Å². The number of hydrogen-bond acceptors (Lipinski definition) is 4. The molecule has 1 saturated heterocycles. The second-order valence-electron chi connectivity index (χ2n) is 6.89. The van der Waals surface area contributed by atoms with E-state index < -0.39 is 5.41 Å². The van der Waals surface area contributed by atoms with Gasteiger partial charge in [0, 0.05) is 5.92 Å². The van der Waals surface area contributed by atoms with Crippen LogP contribution < -0.4 is 0 Å². The first kappa shape index (κ1) is 12.9. The number of fused-ring (bicyclic) bond motifs is 6. The van der Waals surface area contributed by atoms with Crippen LogP contribution in [-0.2, 0) is 19.1 Å². The second kappa shape index (κ2) is 4.22. The highest BCUT2D eigenvalue weighted by Crippen LogP contribution is 2.52. The van der Waals surface area contributed by atoms with Crippen molar-refractivity contribution in [3.63, 3.8) is 0 Å². The molecule has 0 N–H and O–H groups in total. The molecule has 0 aromatic carbocycles. The zero-order chi connectivity index (χ0) is 13.8. The van der Waals surface area contributed by atoms with E-state index in [9.17, 15) is 9.59 Å². The van der Waals surface area contributed by atoms with Crippen LogP contribution >= 0.6 is 0 Å². The summed E-state index contributed by atoms with van der Waals surface area (Å²) in [5.41, 5.74) is -0.434. The third-order valence-electron chi connectivity index (χ3n) is 5.38. The van der Waals surface area contributed by atoms with E-state index in [1.165, 1.54) is 0 Å². The number of carbonyl (C=O) groups excluding carboxylic acids is 2. The van der Waals surface area contributed by atoms with Gasteiger partial charge in [0.25, 0.3) is 0 Å². The van der Waals surface area contributed by atoms with Gasteiger partial charge < -0.3 is 9.47 Å². The van der Waals surface area contributed by atoms with Crippen LogP contribution in [0.25, 0.3) is 0 Å². The summed E-state index contributed by atoms with van der Waals surface area (Å²) >= 11 is 0. The molecule has 4 nitrogen and oxygen atoms in total. The monoisotopic (exact) mass is 266 g/mol. The van der Waals surface area contributed by atoms with Crippen molar-refractivity contribution in [2.45, 2.75) is 58.7 Å². The molecule has 0 aromatic rings. The number of hydrogen-bond donors (Lipinski definition) is 0. The van der Waals surface area contributed by atoms with E-state index in [1.54, 1.807) is 0 Å². The Balaban J connectivity index is 1.71. The molecular formula is C15H22O4. The molecule has 0 spiro atoms. The van der Waals surface area contributed by atoms with Gasteiger partial charge in [0.15, 0.2) is 0 Å². The molecule has 0 amide bonds. The predicted octanol–water partition coefficient (Wildman–Crippen LogP) is 2.31. The van der Waals surface area contributed by atoms with E-state index in [1.807, 2.05) is 20.8 Å². The largest absolute Gasteiger partial charge is 0.462 e. The fraction of sp³-hybridized carbons (Fsp3) is 0.867. The molecule has 0 radical (unpaired) electrons. The van der Waals surface area contributed by atoms with E-state index in [0.717, 1.165) is 25.7 Å². The van der Waals surface area contributed by atoms with Crippen LogP contribution in [0.1, 0.15) is 46.5 Å². The van der Waals surface area contributed by atoms with Crippen molar-refractivity contribution in [1.29, 1.82) is 0 Å². The van der Waals surface area contributed by atoms with Gasteiger partial charge in [-0.3, -0.25) is 9.59 Å². The van der Waals surface area contributed by atoms with Crippen molar-refractivity contribution in [3.05, 3.63) is 0 Å². The van der Waals surface area contributed by atoms with Crippen molar-refractivity contribution in [3.8, 4) is 0 Å². The van der Waals surface area contributed by atoms with Crippen molar-refractivity contribution in [1.82, 2.24) is 0 Å². The molecule has 3 fully saturated rings. The molecule has 4 heteroatoms. The highest BCUT2D eigenvalue weighted by molar-refractivity contribution is 5.77. The SMILES string of the molecule is CCC(C)(C)C(=O)OC1CC2CC1C1CC2OC1=O. The van der Waals surface area contributed by atoms with Crippen LogP contribution in [0, 0.1) is 23.2 Å². The number of rotatable bonds is 3. The lowest BCUT2D eigenvalue weighted by Gasteiger charge is -2.28. The topological polar surface area (TPSA) is 52.6 Å². The lowest BCUT2D eigenvalue weighted by Crippen LogP contribution is -2.35. The predicted molar refractivity (Wildman–Crippen MR) is 68.2 cm³/mol. The summed E-state index contributed by atoms with van der Waals surface area (Å²) < 4.78 is 11.1. The van der Waals surface area contributed by atoms with Gasteiger partial charge in [-0.2, -0.15) is 0 Å². The maximum absolute atomic E-state index is 12.2. The molecule has 3 rings (SSSR count). The Bertz CT molecular complexity index is 414. The van der Waals surface area contributed by atoms with E-state index in [2.05, 4.69) is 0 Å². The molecular weight excluding hydrogens is 244 g/mol. The minimum absolute atomic E-state index is 0.0358. The normalized spacial score (nSPS) is 40.2. The molecule has 1 aliphatic heterocycles. The standard InChI is InChI=1S/C15H22O4/c1-4-15(2,3)14(17)19-12-6-8-5-9(12)10-7-11(8)18-13(10)16/h8-12H,4-7H2,1-3H3. The lowest BCUT2D eigenvalue weighted by molar-refractivity contribution is -0.165. The van der Waals surface area contributed by atoms with Gasteiger partial charge in [-0.15, -0.1) is 0 Å². The van der Waals surface area contributed by atoms with Crippen molar-refractivity contribution >= 4 is 11.9 Å². The number of ether oxygens (including phenoxy) is 2. The quantitative estimate of drug-likeness (QED) is 0.736. The summed E-state index contributed by atoms with van der Waals surface area (Å²) in [4.78, 5) is 24.0. The summed E-state index contributed by atoms with van der Waals surface area (Å²) in [6.45, 7) is 5.82.